The van der Waals surface area contributed by atoms with Gasteiger partial charge in [0.1, 0.15) is 0 Å². The van der Waals surface area contributed by atoms with Gasteiger partial charge in [-0.1, -0.05) is 18.6 Å². The maximum atomic E-state index is 12.0. The van der Waals surface area contributed by atoms with Gasteiger partial charge in [0, 0.05) is 24.6 Å². The quantitative estimate of drug-likeness (QED) is 0.737. The Hall–Kier alpha value is -2.40. The minimum Gasteiger partial charge on any atom is -0.338 e. The van der Waals surface area contributed by atoms with Crippen LogP contribution in [0.15, 0.2) is 48.8 Å². The molecule has 1 fully saturated rings. The number of anilines is 1. The number of carbonyl (C=O) groups excluding carboxylic acids is 1. The number of pyridine rings is 1. The second-order valence-corrected chi connectivity index (χ2v) is 6.80. The van der Waals surface area contributed by atoms with E-state index < -0.39 is 0 Å². The van der Waals surface area contributed by atoms with Crippen molar-refractivity contribution in [3.63, 3.8) is 0 Å². The van der Waals surface area contributed by atoms with Gasteiger partial charge in [0.05, 0.1) is 0 Å². The Morgan fingerprint density at radius 1 is 0.923 bits per heavy atom. The fourth-order valence-corrected chi connectivity index (χ4v) is 3.31. The fraction of sp³-hybridized carbons (Fsp3) is 0.429. The molecule has 0 aliphatic carbocycles. The Bertz CT molecular complexity index is 666. The van der Waals surface area contributed by atoms with Crippen molar-refractivity contribution in [1.82, 2.24) is 15.2 Å². The molecule has 0 atom stereocenters. The van der Waals surface area contributed by atoms with E-state index in [-0.39, 0.29) is 6.03 Å². The van der Waals surface area contributed by atoms with Crippen LogP contribution in [0, 0.1) is 0 Å². The Morgan fingerprint density at radius 2 is 1.62 bits per heavy atom. The van der Waals surface area contributed by atoms with Crippen molar-refractivity contribution in [2.75, 3.05) is 31.5 Å². The van der Waals surface area contributed by atoms with E-state index in [1.54, 1.807) is 12.4 Å². The van der Waals surface area contributed by atoms with Crippen LogP contribution in [-0.4, -0.2) is 42.1 Å². The summed E-state index contributed by atoms with van der Waals surface area (Å²) in [5.41, 5.74) is 3.02. The van der Waals surface area contributed by atoms with Crippen molar-refractivity contribution < 1.29 is 4.79 Å². The van der Waals surface area contributed by atoms with Gasteiger partial charge in [-0.3, -0.25) is 4.98 Å². The largest absolute Gasteiger partial charge is 0.338 e. The minimum absolute atomic E-state index is 0.139. The molecule has 1 aromatic carbocycles. The molecule has 0 radical (unpaired) electrons. The Labute approximate surface area is 155 Å². The number of hydrogen-bond acceptors (Lipinski definition) is 3. The van der Waals surface area contributed by atoms with Gasteiger partial charge < -0.3 is 15.5 Å². The lowest BCUT2D eigenvalue weighted by atomic mass is 10.1. The van der Waals surface area contributed by atoms with Crippen LogP contribution >= 0.6 is 0 Å². The third-order valence-electron chi connectivity index (χ3n) is 4.79. The number of benzene rings is 1. The molecule has 0 bridgehead atoms. The summed E-state index contributed by atoms with van der Waals surface area (Å²) in [6.07, 6.45) is 9.76. The summed E-state index contributed by atoms with van der Waals surface area (Å²) in [4.78, 5) is 18.6. The van der Waals surface area contributed by atoms with Crippen LogP contribution in [0.1, 0.15) is 32.1 Å². The monoisotopic (exact) mass is 352 g/mol. The number of likely N-dealkylation sites (tertiary alicyclic amines) is 1. The number of unbranched alkanes of at least 4 members (excludes halogenated alkanes) is 1. The van der Waals surface area contributed by atoms with Gasteiger partial charge >= 0.3 is 6.03 Å². The van der Waals surface area contributed by atoms with Crippen LogP contribution in [-0.2, 0) is 0 Å². The van der Waals surface area contributed by atoms with E-state index in [0.717, 1.165) is 42.7 Å². The predicted octanol–water partition coefficient (Wildman–Crippen LogP) is 4.14. The summed E-state index contributed by atoms with van der Waals surface area (Å²) in [7, 11) is 0. The molecular formula is C21H28N4O. The van der Waals surface area contributed by atoms with E-state index >= 15 is 0 Å². The first kappa shape index (κ1) is 18.4. The van der Waals surface area contributed by atoms with Crippen molar-refractivity contribution >= 4 is 11.7 Å². The zero-order valence-electron chi connectivity index (χ0n) is 15.3. The minimum atomic E-state index is -0.139. The summed E-state index contributed by atoms with van der Waals surface area (Å²) < 4.78 is 0. The molecular weight excluding hydrogens is 324 g/mol. The Balaban J connectivity index is 1.34. The lowest BCUT2D eigenvalue weighted by Crippen LogP contribution is -2.32. The third-order valence-corrected chi connectivity index (χ3v) is 4.79. The topological polar surface area (TPSA) is 57.3 Å². The maximum absolute atomic E-state index is 12.0. The number of aromatic nitrogens is 1. The predicted molar refractivity (Wildman–Crippen MR) is 106 cm³/mol. The average Bonchev–Trinajstić information content (AvgIpc) is 2.70. The van der Waals surface area contributed by atoms with Gasteiger partial charge in [-0.25, -0.2) is 4.79 Å². The van der Waals surface area contributed by atoms with Crippen LogP contribution in [0.3, 0.4) is 0 Å². The van der Waals surface area contributed by atoms with Gasteiger partial charge in [-0.05, 0) is 80.7 Å². The lowest BCUT2D eigenvalue weighted by Gasteiger charge is -2.26. The lowest BCUT2D eigenvalue weighted by molar-refractivity contribution is 0.224. The van der Waals surface area contributed by atoms with Crippen LogP contribution < -0.4 is 10.6 Å². The average molecular weight is 352 g/mol. The summed E-state index contributed by atoms with van der Waals surface area (Å²) in [5, 5.41) is 5.83. The number of piperidine rings is 1. The molecule has 1 aliphatic heterocycles. The van der Waals surface area contributed by atoms with Crippen LogP contribution in [0.5, 0.6) is 0 Å². The van der Waals surface area contributed by atoms with E-state index in [1.807, 2.05) is 36.4 Å². The highest BCUT2D eigenvalue weighted by atomic mass is 16.2. The highest BCUT2D eigenvalue weighted by molar-refractivity contribution is 5.89. The Kier molecular flexibility index (Phi) is 7.02. The number of nitrogens with one attached hydrogen (secondary N) is 2. The van der Waals surface area contributed by atoms with Crippen LogP contribution in [0.4, 0.5) is 10.5 Å². The molecule has 0 spiro atoms. The van der Waals surface area contributed by atoms with Gasteiger partial charge in [-0.15, -0.1) is 0 Å². The molecule has 2 amide bonds. The van der Waals surface area contributed by atoms with E-state index in [1.165, 1.54) is 32.4 Å². The summed E-state index contributed by atoms with van der Waals surface area (Å²) >= 11 is 0. The van der Waals surface area contributed by atoms with E-state index in [2.05, 4.69) is 20.5 Å². The van der Waals surface area contributed by atoms with Gasteiger partial charge in [-0.2, -0.15) is 0 Å². The van der Waals surface area contributed by atoms with Gasteiger partial charge in [0.2, 0.25) is 0 Å². The summed E-state index contributed by atoms with van der Waals surface area (Å²) in [6.45, 7) is 4.35. The number of carbonyl (C=O) groups is 1. The van der Waals surface area contributed by atoms with Crippen molar-refractivity contribution in [2.24, 2.45) is 0 Å². The molecule has 5 heteroatoms. The first-order valence-electron chi connectivity index (χ1n) is 9.59. The summed E-state index contributed by atoms with van der Waals surface area (Å²) in [6, 6.07) is 11.7. The maximum Gasteiger partial charge on any atom is 0.319 e. The molecule has 3 rings (SSSR count). The molecule has 26 heavy (non-hydrogen) atoms. The SMILES string of the molecule is O=C(NCCCCN1CCCCC1)Nc1ccc(-c2ccncc2)cc1. The molecule has 2 aromatic rings. The number of nitrogens with zero attached hydrogens (tertiary/aromatic N) is 2. The molecule has 2 heterocycles. The molecule has 1 saturated heterocycles. The van der Waals surface area contributed by atoms with Crippen molar-refractivity contribution in [2.45, 2.75) is 32.1 Å². The van der Waals surface area contributed by atoms with Gasteiger partial charge in [0.15, 0.2) is 0 Å². The molecule has 2 N–H and O–H groups in total. The second-order valence-electron chi connectivity index (χ2n) is 6.80. The highest BCUT2D eigenvalue weighted by Gasteiger charge is 2.09. The molecule has 0 unspecified atom stereocenters. The highest BCUT2D eigenvalue weighted by Crippen LogP contribution is 2.20. The number of hydrogen-bond donors (Lipinski definition) is 2. The number of urea groups is 1. The van der Waals surface area contributed by atoms with Crippen molar-refractivity contribution in [1.29, 1.82) is 0 Å². The molecule has 5 nitrogen and oxygen atoms in total. The normalized spacial score (nSPS) is 14.8. The van der Waals surface area contributed by atoms with E-state index in [0.29, 0.717) is 0 Å². The standard InChI is InChI=1S/C21H28N4O/c26-21(23-12-2-5-17-25-15-3-1-4-16-25)24-20-8-6-18(7-9-20)19-10-13-22-14-11-19/h6-11,13-14H,1-5,12,15-17H2,(H2,23,24,26). The molecule has 0 saturated carbocycles. The van der Waals surface area contributed by atoms with Crippen molar-refractivity contribution in [3.8, 4) is 11.1 Å². The van der Waals surface area contributed by atoms with E-state index in [4.69, 9.17) is 0 Å². The molecule has 1 aliphatic rings. The second kappa shape index (κ2) is 9.92. The van der Waals surface area contributed by atoms with Crippen LogP contribution in [0.2, 0.25) is 0 Å². The fourth-order valence-electron chi connectivity index (χ4n) is 3.31. The third kappa shape index (κ3) is 5.85. The number of amides is 2. The summed E-state index contributed by atoms with van der Waals surface area (Å²) in [5.74, 6) is 0. The smallest absolute Gasteiger partial charge is 0.319 e. The first-order valence-corrected chi connectivity index (χ1v) is 9.59. The zero-order chi connectivity index (χ0) is 18.0. The van der Waals surface area contributed by atoms with Gasteiger partial charge in [0.25, 0.3) is 0 Å². The zero-order valence-corrected chi connectivity index (χ0v) is 15.3. The molecule has 138 valence electrons. The first-order chi connectivity index (χ1) is 12.8. The molecule has 1 aromatic heterocycles. The van der Waals surface area contributed by atoms with E-state index in [9.17, 15) is 4.79 Å². The number of rotatable bonds is 7. The Morgan fingerprint density at radius 3 is 2.35 bits per heavy atom. The van der Waals surface area contributed by atoms with Crippen molar-refractivity contribution in [3.05, 3.63) is 48.8 Å². The van der Waals surface area contributed by atoms with Crippen LogP contribution in [0.25, 0.3) is 11.1 Å².